The van der Waals surface area contributed by atoms with Gasteiger partial charge in [0.05, 0.1) is 22.3 Å². The molecule has 1 atom stereocenters. The molecule has 3 aromatic carbocycles. The number of hydrogen-bond donors (Lipinski definition) is 0. The normalized spacial score (nSPS) is 15.6. The van der Waals surface area contributed by atoms with Crippen molar-refractivity contribution in [2.24, 2.45) is 0 Å². The van der Waals surface area contributed by atoms with Gasteiger partial charge in [-0.15, -0.1) is 11.3 Å². The van der Waals surface area contributed by atoms with Gasteiger partial charge in [-0.3, -0.25) is 14.4 Å². The molecule has 6 nitrogen and oxygen atoms in total. The van der Waals surface area contributed by atoms with Crippen LogP contribution in [0.2, 0.25) is 5.02 Å². The van der Waals surface area contributed by atoms with E-state index in [-0.39, 0.29) is 24.1 Å². The Kier molecular flexibility index (Phi) is 6.60. The summed E-state index contributed by atoms with van der Waals surface area (Å²) in [6, 6.07) is 20.0. The zero-order valence-electron chi connectivity index (χ0n) is 19.9. The molecule has 1 aliphatic heterocycles. The Morgan fingerprint density at radius 2 is 1.89 bits per heavy atom. The van der Waals surface area contributed by atoms with Gasteiger partial charge in [0, 0.05) is 24.1 Å². The molecule has 0 saturated carbocycles. The van der Waals surface area contributed by atoms with Crippen LogP contribution in [0.1, 0.15) is 24.5 Å². The Morgan fingerprint density at radius 3 is 2.61 bits per heavy atom. The Labute approximate surface area is 218 Å². The minimum atomic E-state index is -0.818. The average molecular weight is 518 g/mol. The summed E-state index contributed by atoms with van der Waals surface area (Å²) >= 11 is 7.67. The van der Waals surface area contributed by atoms with Crippen LogP contribution in [0.4, 0.5) is 5.69 Å². The molecule has 0 N–H and O–H groups in total. The fourth-order valence-corrected chi connectivity index (χ4v) is 5.80. The minimum Gasteiger partial charge on any atom is -0.330 e. The lowest BCUT2D eigenvalue weighted by Gasteiger charge is -2.26. The number of rotatable bonds is 6. The summed E-state index contributed by atoms with van der Waals surface area (Å²) in [5, 5.41) is 1.49. The van der Waals surface area contributed by atoms with Gasteiger partial charge in [-0.25, -0.2) is 9.88 Å². The zero-order valence-corrected chi connectivity index (χ0v) is 21.5. The summed E-state index contributed by atoms with van der Waals surface area (Å²) in [6.45, 7) is 3.80. The first-order valence-corrected chi connectivity index (χ1v) is 12.9. The van der Waals surface area contributed by atoms with Gasteiger partial charge in [0.1, 0.15) is 11.0 Å². The summed E-state index contributed by atoms with van der Waals surface area (Å²) in [6.07, 6.45) is 0.501. The van der Waals surface area contributed by atoms with Crippen LogP contribution in [0.25, 0.3) is 20.8 Å². The van der Waals surface area contributed by atoms with E-state index in [0.29, 0.717) is 23.7 Å². The van der Waals surface area contributed by atoms with Crippen molar-refractivity contribution in [3.05, 3.63) is 82.9 Å². The van der Waals surface area contributed by atoms with Crippen molar-refractivity contribution < 1.29 is 14.4 Å². The second-order valence-electron chi connectivity index (χ2n) is 8.92. The lowest BCUT2D eigenvalue weighted by atomic mass is 10.1. The summed E-state index contributed by atoms with van der Waals surface area (Å²) < 4.78 is 1.11. The number of hydrogen-bond acceptors (Lipinski definition) is 5. The predicted molar refractivity (Wildman–Crippen MR) is 143 cm³/mol. The van der Waals surface area contributed by atoms with Gasteiger partial charge in [-0.2, -0.15) is 0 Å². The maximum Gasteiger partial charge on any atom is 0.257 e. The van der Waals surface area contributed by atoms with Crippen molar-refractivity contribution in [1.82, 2.24) is 9.88 Å². The second-order valence-corrected chi connectivity index (χ2v) is 10.4. The smallest absolute Gasteiger partial charge is 0.257 e. The average Bonchev–Trinajstić information content (AvgIpc) is 3.39. The fraction of sp³-hybridized carbons (Fsp3) is 0.214. The molecule has 36 heavy (non-hydrogen) atoms. The van der Waals surface area contributed by atoms with E-state index in [2.05, 4.69) is 13.0 Å². The van der Waals surface area contributed by atoms with Crippen LogP contribution in [0.5, 0.6) is 0 Å². The molecule has 3 amide bonds. The molecule has 0 aliphatic carbocycles. The lowest BCUT2D eigenvalue weighted by molar-refractivity contribution is -0.136. The number of aromatic nitrogens is 1. The van der Waals surface area contributed by atoms with Gasteiger partial charge in [0.25, 0.3) is 5.91 Å². The number of nitrogens with zero attached hydrogens (tertiary/aromatic N) is 3. The maximum atomic E-state index is 13.3. The van der Waals surface area contributed by atoms with E-state index >= 15 is 0 Å². The van der Waals surface area contributed by atoms with Crippen LogP contribution in [0, 0.1) is 6.92 Å². The van der Waals surface area contributed by atoms with Crippen molar-refractivity contribution in [3.63, 3.8) is 0 Å². The predicted octanol–water partition coefficient (Wildman–Crippen LogP) is 5.65. The van der Waals surface area contributed by atoms with Gasteiger partial charge in [-0.05, 0) is 73.0 Å². The molecule has 8 heteroatoms. The molecule has 0 radical (unpaired) electrons. The molecular formula is C28H24ClN3O3S. The third-order valence-electron chi connectivity index (χ3n) is 6.35. The second kappa shape index (κ2) is 9.84. The van der Waals surface area contributed by atoms with Gasteiger partial charge in [-0.1, -0.05) is 29.8 Å². The molecule has 2 heterocycles. The van der Waals surface area contributed by atoms with Crippen molar-refractivity contribution in [1.29, 1.82) is 0 Å². The van der Waals surface area contributed by atoms with Gasteiger partial charge < -0.3 is 4.90 Å². The van der Waals surface area contributed by atoms with Gasteiger partial charge in [0.2, 0.25) is 11.8 Å². The van der Waals surface area contributed by atoms with Gasteiger partial charge >= 0.3 is 0 Å². The number of fused-ring (bicyclic) bond motifs is 1. The first-order chi connectivity index (χ1) is 17.3. The highest BCUT2D eigenvalue weighted by atomic mass is 35.5. The Balaban J connectivity index is 1.34. The Hall–Kier alpha value is -3.55. The maximum absolute atomic E-state index is 13.3. The van der Waals surface area contributed by atoms with Crippen molar-refractivity contribution in [2.45, 2.75) is 32.7 Å². The number of halogens is 1. The van der Waals surface area contributed by atoms with Crippen LogP contribution < -0.4 is 4.90 Å². The third-order valence-corrected chi connectivity index (χ3v) is 7.65. The Morgan fingerprint density at radius 1 is 1.11 bits per heavy atom. The summed E-state index contributed by atoms with van der Waals surface area (Å²) in [5.74, 6) is -0.946. The number of thiazole rings is 1. The number of imide groups is 1. The molecular weight excluding hydrogens is 494 g/mol. The first kappa shape index (κ1) is 24.2. The summed E-state index contributed by atoms with van der Waals surface area (Å²) in [4.78, 5) is 46.0. The molecule has 1 fully saturated rings. The topological polar surface area (TPSA) is 70.6 Å². The standard InChI is InChI=1S/C28H24ClN3O3S/c1-17-6-11-23-25(14-17)36-27(30-23)20-7-9-22(10-8-20)32-26(34)16-24(28(32)35)31(18(2)33)13-12-19-4-3-5-21(29)15-19/h3-11,14-15,24H,12-13,16H2,1-2H3. The van der Waals surface area contributed by atoms with E-state index in [0.717, 1.165) is 26.4 Å². The molecule has 1 saturated heterocycles. The van der Waals surface area contributed by atoms with Gasteiger partial charge in [0.15, 0.2) is 0 Å². The fourth-order valence-electron chi connectivity index (χ4n) is 4.51. The first-order valence-electron chi connectivity index (χ1n) is 11.7. The summed E-state index contributed by atoms with van der Waals surface area (Å²) in [5.41, 5.74) is 4.50. The largest absolute Gasteiger partial charge is 0.330 e. The molecule has 4 aromatic rings. The zero-order chi connectivity index (χ0) is 25.4. The van der Waals surface area contributed by atoms with Crippen LogP contribution in [0.3, 0.4) is 0 Å². The van der Waals surface area contributed by atoms with E-state index in [1.54, 1.807) is 29.5 Å². The Bertz CT molecular complexity index is 1480. The molecule has 5 rings (SSSR count). The molecule has 182 valence electrons. The van der Waals surface area contributed by atoms with Crippen molar-refractivity contribution in [2.75, 3.05) is 11.4 Å². The van der Waals surface area contributed by atoms with Crippen LogP contribution in [0.15, 0.2) is 66.7 Å². The lowest BCUT2D eigenvalue weighted by Crippen LogP contribution is -2.45. The highest BCUT2D eigenvalue weighted by Crippen LogP contribution is 2.33. The molecule has 1 aliphatic rings. The monoisotopic (exact) mass is 517 g/mol. The quantitative estimate of drug-likeness (QED) is 0.310. The molecule has 1 unspecified atom stereocenters. The molecule has 1 aromatic heterocycles. The number of aryl methyl sites for hydroxylation is 1. The minimum absolute atomic E-state index is 0.0348. The molecule has 0 spiro atoms. The number of carbonyl (C=O) groups is 3. The molecule has 0 bridgehead atoms. The van der Waals surface area contributed by atoms with Crippen LogP contribution in [-0.2, 0) is 20.8 Å². The number of anilines is 1. The van der Waals surface area contributed by atoms with Crippen molar-refractivity contribution in [3.8, 4) is 10.6 Å². The van der Waals surface area contributed by atoms with E-state index in [1.807, 2.05) is 42.5 Å². The number of carbonyl (C=O) groups excluding carboxylic acids is 3. The van der Waals surface area contributed by atoms with E-state index in [9.17, 15) is 14.4 Å². The van der Waals surface area contributed by atoms with Crippen LogP contribution in [-0.4, -0.2) is 40.2 Å². The third kappa shape index (κ3) is 4.76. The van der Waals surface area contributed by atoms with E-state index in [4.69, 9.17) is 16.6 Å². The highest BCUT2D eigenvalue weighted by molar-refractivity contribution is 7.21. The highest BCUT2D eigenvalue weighted by Gasteiger charge is 2.43. The number of amides is 3. The SMILES string of the molecule is CC(=O)N(CCc1cccc(Cl)c1)C1CC(=O)N(c2ccc(-c3nc4ccc(C)cc4s3)cc2)C1=O. The van der Waals surface area contributed by atoms with Crippen molar-refractivity contribution >= 4 is 56.6 Å². The van der Waals surface area contributed by atoms with E-state index in [1.165, 1.54) is 22.3 Å². The van der Waals surface area contributed by atoms with E-state index < -0.39 is 6.04 Å². The summed E-state index contributed by atoms with van der Waals surface area (Å²) in [7, 11) is 0. The number of benzene rings is 3. The van der Waals surface area contributed by atoms with Crippen LogP contribution >= 0.6 is 22.9 Å².